The van der Waals surface area contributed by atoms with E-state index in [-0.39, 0.29) is 0 Å². The number of piperazine rings is 1. The van der Waals surface area contributed by atoms with E-state index in [2.05, 4.69) is 28.7 Å². The van der Waals surface area contributed by atoms with Crippen LogP contribution in [0.2, 0.25) is 0 Å². The summed E-state index contributed by atoms with van der Waals surface area (Å²) in [5.41, 5.74) is 0. The molecule has 3 rings (SSSR count). The van der Waals surface area contributed by atoms with Crippen molar-refractivity contribution in [3.05, 3.63) is 0 Å². The first-order valence-corrected chi connectivity index (χ1v) is 8.93. The molecule has 116 valence electrons. The second kappa shape index (κ2) is 6.76. The van der Waals surface area contributed by atoms with E-state index in [4.69, 9.17) is 0 Å². The minimum atomic E-state index is 0.829. The molecule has 3 nitrogen and oxygen atoms in total. The molecule has 0 aromatic carbocycles. The SMILES string of the molecule is CCC1CN2CCCC2CN1CCC1CCN(C)CC1. The maximum atomic E-state index is 2.84. The molecular weight excluding hydrogens is 246 g/mol. The van der Waals surface area contributed by atoms with E-state index in [0.717, 1.165) is 18.0 Å². The number of hydrogen-bond acceptors (Lipinski definition) is 3. The summed E-state index contributed by atoms with van der Waals surface area (Å²) in [7, 11) is 2.27. The average molecular weight is 279 g/mol. The maximum Gasteiger partial charge on any atom is 0.0224 e. The van der Waals surface area contributed by atoms with Gasteiger partial charge in [0, 0.05) is 25.2 Å². The number of piperidine rings is 1. The van der Waals surface area contributed by atoms with Crippen molar-refractivity contribution in [2.45, 2.75) is 57.5 Å². The normalized spacial score (nSPS) is 34.5. The lowest BCUT2D eigenvalue weighted by Gasteiger charge is -2.44. The van der Waals surface area contributed by atoms with Crippen LogP contribution < -0.4 is 0 Å². The Morgan fingerprint density at radius 2 is 1.80 bits per heavy atom. The van der Waals surface area contributed by atoms with Crippen molar-refractivity contribution < 1.29 is 0 Å². The number of fused-ring (bicyclic) bond motifs is 1. The predicted molar refractivity (Wildman–Crippen MR) is 85.1 cm³/mol. The van der Waals surface area contributed by atoms with Crippen LogP contribution in [-0.4, -0.2) is 73.1 Å². The van der Waals surface area contributed by atoms with Gasteiger partial charge in [0.25, 0.3) is 0 Å². The molecule has 3 heteroatoms. The fraction of sp³-hybridized carbons (Fsp3) is 1.00. The molecule has 2 unspecified atom stereocenters. The number of likely N-dealkylation sites (tertiary alicyclic amines) is 1. The largest absolute Gasteiger partial charge is 0.306 e. The van der Waals surface area contributed by atoms with E-state index in [1.54, 1.807) is 0 Å². The first kappa shape index (κ1) is 14.8. The molecule has 0 amide bonds. The molecule has 3 heterocycles. The highest BCUT2D eigenvalue weighted by molar-refractivity contribution is 4.91. The van der Waals surface area contributed by atoms with Crippen molar-refractivity contribution in [2.24, 2.45) is 5.92 Å². The van der Waals surface area contributed by atoms with Crippen LogP contribution in [0.3, 0.4) is 0 Å². The third-order valence-corrected chi connectivity index (χ3v) is 6.04. The van der Waals surface area contributed by atoms with Crippen molar-refractivity contribution in [1.82, 2.24) is 14.7 Å². The van der Waals surface area contributed by atoms with E-state index in [1.807, 2.05) is 0 Å². The smallest absolute Gasteiger partial charge is 0.0224 e. The highest BCUT2D eigenvalue weighted by atomic mass is 15.3. The summed E-state index contributed by atoms with van der Waals surface area (Å²) in [6.07, 6.45) is 8.51. The van der Waals surface area contributed by atoms with Gasteiger partial charge in [0.15, 0.2) is 0 Å². The molecule has 2 atom stereocenters. The zero-order valence-corrected chi connectivity index (χ0v) is 13.6. The highest BCUT2D eigenvalue weighted by Gasteiger charge is 2.35. The van der Waals surface area contributed by atoms with Gasteiger partial charge in [-0.25, -0.2) is 0 Å². The minimum absolute atomic E-state index is 0.829. The van der Waals surface area contributed by atoms with Gasteiger partial charge in [0.2, 0.25) is 0 Å². The minimum Gasteiger partial charge on any atom is -0.306 e. The number of nitrogens with zero attached hydrogens (tertiary/aromatic N) is 3. The van der Waals surface area contributed by atoms with E-state index >= 15 is 0 Å². The zero-order valence-electron chi connectivity index (χ0n) is 13.6. The second-order valence-electron chi connectivity index (χ2n) is 7.38. The Morgan fingerprint density at radius 1 is 1.00 bits per heavy atom. The maximum absolute atomic E-state index is 2.84. The van der Waals surface area contributed by atoms with E-state index in [0.29, 0.717) is 0 Å². The number of rotatable bonds is 4. The Morgan fingerprint density at radius 3 is 2.55 bits per heavy atom. The molecule has 0 spiro atoms. The second-order valence-corrected chi connectivity index (χ2v) is 7.38. The molecule has 3 saturated heterocycles. The fourth-order valence-electron chi connectivity index (χ4n) is 4.51. The van der Waals surface area contributed by atoms with Gasteiger partial charge in [-0.3, -0.25) is 9.80 Å². The molecule has 0 aromatic heterocycles. The Kier molecular flexibility index (Phi) is 5.00. The van der Waals surface area contributed by atoms with Crippen LogP contribution in [0.5, 0.6) is 0 Å². The van der Waals surface area contributed by atoms with Crippen molar-refractivity contribution in [1.29, 1.82) is 0 Å². The zero-order chi connectivity index (χ0) is 13.9. The summed E-state index contributed by atoms with van der Waals surface area (Å²) >= 11 is 0. The van der Waals surface area contributed by atoms with Gasteiger partial charge < -0.3 is 4.90 Å². The van der Waals surface area contributed by atoms with E-state index in [9.17, 15) is 0 Å². The van der Waals surface area contributed by atoms with Gasteiger partial charge in [0.1, 0.15) is 0 Å². The summed E-state index contributed by atoms with van der Waals surface area (Å²) < 4.78 is 0. The average Bonchev–Trinajstić information content (AvgIpc) is 2.92. The third-order valence-electron chi connectivity index (χ3n) is 6.04. The summed E-state index contributed by atoms with van der Waals surface area (Å²) in [6.45, 7) is 10.4. The molecule has 0 saturated carbocycles. The molecule has 20 heavy (non-hydrogen) atoms. The summed E-state index contributed by atoms with van der Waals surface area (Å²) in [6, 6.07) is 1.71. The van der Waals surface area contributed by atoms with Crippen LogP contribution >= 0.6 is 0 Å². The van der Waals surface area contributed by atoms with Crippen molar-refractivity contribution in [3.63, 3.8) is 0 Å². The molecule has 0 aliphatic carbocycles. The molecule has 3 aliphatic rings. The van der Waals surface area contributed by atoms with E-state index < -0.39 is 0 Å². The van der Waals surface area contributed by atoms with Gasteiger partial charge in [-0.2, -0.15) is 0 Å². The third kappa shape index (κ3) is 3.37. The standard InChI is InChI=1S/C17H33N3/c1-3-16-13-19-9-4-5-17(19)14-20(16)12-8-15-6-10-18(2)11-7-15/h15-17H,3-14H2,1-2H3. The van der Waals surface area contributed by atoms with Crippen molar-refractivity contribution in [2.75, 3.05) is 46.3 Å². The summed E-state index contributed by atoms with van der Waals surface area (Å²) in [4.78, 5) is 8.09. The van der Waals surface area contributed by atoms with Crippen LogP contribution in [0, 0.1) is 5.92 Å². The quantitative estimate of drug-likeness (QED) is 0.782. The lowest BCUT2D eigenvalue weighted by atomic mass is 9.93. The Balaban J connectivity index is 1.48. The van der Waals surface area contributed by atoms with Gasteiger partial charge in [-0.1, -0.05) is 6.92 Å². The molecule has 0 bridgehead atoms. The first-order valence-electron chi connectivity index (χ1n) is 8.93. The lowest BCUT2D eigenvalue weighted by Crippen LogP contribution is -2.56. The Bertz CT molecular complexity index is 299. The van der Waals surface area contributed by atoms with Crippen LogP contribution in [0.25, 0.3) is 0 Å². The molecule has 0 aromatic rings. The van der Waals surface area contributed by atoms with Gasteiger partial charge in [0.05, 0.1) is 0 Å². The summed E-state index contributed by atoms with van der Waals surface area (Å²) in [5.74, 6) is 0.991. The van der Waals surface area contributed by atoms with E-state index in [1.165, 1.54) is 77.8 Å². The topological polar surface area (TPSA) is 9.72 Å². The van der Waals surface area contributed by atoms with Crippen LogP contribution in [0.4, 0.5) is 0 Å². The molecule has 3 aliphatic heterocycles. The lowest BCUT2D eigenvalue weighted by molar-refractivity contribution is 0.0428. The van der Waals surface area contributed by atoms with Gasteiger partial charge >= 0.3 is 0 Å². The van der Waals surface area contributed by atoms with Crippen LogP contribution in [0.15, 0.2) is 0 Å². The molecular formula is C17H33N3. The number of hydrogen-bond donors (Lipinski definition) is 0. The molecule has 0 N–H and O–H groups in total. The van der Waals surface area contributed by atoms with Crippen molar-refractivity contribution in [3.8, 4) is 0 Å². The Hall–Kier alpha value is -0.120. The van der Waals surface area contributed by atoms with Gasteiger partial charge in [-0.05, 0) is 77.7 Å². The first-order chi connectivity index (χ1) is 9.76. The highest BCUT2D eigenvalue weighted by Crippen LogP contribution is 2.27. The molecule has 0 radical (unpaired) electrons. The summed E-state index contributed by atoms with van der Waals surface area (Å²) in [5, 5.41) is 0. The van der Waals surface area contributed by atoms with Crippen LogP contribution in [-0.2, 0) is 0 Å². The fourth-order valence-corrected chi connectivity index (χ4v) is 4.51. The van der Waals surface area contributed by atoms with Crippen LogP contribution in [0.1, 0.15) is 45.4 Å². The molecule has 3 fully saturated rings. The van der Waals surface area contributed by atoms with Crippen molar-refractivity contribution >= 4 is 0 Å². The van der Waals surface area contributed by atoms with Gasteiger partial charge in [-0.15, -0.1) is 0 Å². The monoisotopic (exact) mass is 279 g/mol. The predicted octanol–water partition coefficient (Wildman–Crippen LogP) is 2.28. The Labute approximate surface area is 125 Å².